The molecule has 10 heteroatoms. The molecule has 0 aliphatic carbocycles. The summed E-state index contributed by atoms with van der Waals surface area (Å²) in [7, 11) is 1.69. The number of hydrogen-bond acceptors (Lipinski definition) is 4. The van der Waals surface area contributed by atoms with Crippen molar-refractivity contribution in [1.29, 1.82) is 0 Å². The lowest BCUT2D eigenvalue weighted by Crippen LogP contribution is -2.51. The number of aliphatic imine (C=N–C) groups is 1. The second-order valence-electron chi connectivity index (χ2n) is 7.53. The number of aromatic nitrogens is 3. The summed E-state index contributed by atoms with van der Waals surface area (Å²) in [5, 5.41) is 0.274. The number of alkyl halides is 3. The summed E-state index contributed by atoms with van der Waals surface area (Å²) < 4.78 is 52.8. The second-order valence-corrected chi connectivity index (χ2v) is 7.53. The number of para-hydroxylation sites is 1. The minimum Gasteiger partial charge on any atom is -0.483 e. The lowest BCUT2D eigenvalue weighted by atomic mass is 9.91. The molecule has 2 aliphatic rings. The molecule has 0 amide bonds. The number of hydrogen-bond donors (Lipinski definition) is 1. The smallest absolute Gasteiger partial charge is 0.431 e. The first-order chi connectivity index (χ1) is 14.9. The average molecular weight is 431 g/mol. The summed E-state index contributed by atoms with van der Waals surface area (Å²) in [5.74, 6) is 0.912. The summed E-state index contributed by atoms with van der Waals surface area (Å²) in [5.41, 5.74) is 1.27. The van der Waals surface area contributed by atoms with E-state index in [1.807, 2.05) is 24.3 Å². The fourth-order valence-corrected chi connectivity index (χ4v) is 3.94. The molecule has 1 saturated heterocycles. The van der Waals surface area contributed by atoms with Gasteiger partial charge in [0.2, 0.25) is 17.7 Å². The Morgan fingerprint density at radius 3 is 2.90 bits per heavy atom. The molecule has 160 valence electrons. The van der Waals surface area contributed by atoms with Crippen molar-refractivity contribution in [2.24, 2.45) is 4.99 Å². The average Bonchev–Trinajstić information content (AvgIpc) is 3.17. The van der Waals surface area contributed by atoms with E-state index in [1.54, 1.807) is 13.3 Å². The van der Waals surface area contributed by atoms with Gasteiger partial charge in [-0.1, -0.05) is 23.2 Å². The molecule has 7 nitrogen and oxygen atoms in total. The molecule has 1 atom stereocenters. The summed E-state index contributed by atoms with van der Waals surface area (Å²) in [6, 6.07) is 8.73. The van der Waals surface area contributed by atoms with Gasteiger partial charge in [-0.3, -0.25) is 0 Å². The van der Waals surface area contributed by atoms with Gasteiger partial charge in [0.1, 0.15) is 22.7 Å². The van der Waals surface area contributed by atoms with Crippen LogP contribution in [0.25, 0.3) is 11.0 Å². The van der Waals surface area contributed by atoms with E-state index in [4.69, 9.17) is 9.47 Å². The van der Waals surface area contributed by atoms with Crippen LogP contribution in [0, 0.1) is 0 Å². The number of methoxy groups -OCH3 is 1. The minimum absolute atomic E-state index is 0.125. The molecule has 1 fully saturated rings. The fraction of sp³-hybridized carbons (Fsp3) is 0.333. The van der Waals surface area contributed by atoms with E-state index in [-0.39, 0.29) is 23.1 Å². The van der Waals surface area contributed by atoms with Crippen molar-refractivity contribution >= 4 is 28.8 Å². The third kappa shape index (κ3) is 3.56. The van der Waals surface area contributed by atoms with Crippen molar-refractivity contribution < 1.29 is 32.2 Å². The molecule has 1 aromatic carbocycles. The maximum absolute atomic E-state index is 13.1. The highest BCUT2D eigenvalue weighted by Crippen LogP contribution is 2.34. The standard InChI is InChI=1S/C21H19F3N5O2/c1-30-12-8-29(9-12)16-10-31-17-5-3-2-4-13(17)15(16)7-25-19-14-6-18(21(22,23)24)28-20(14)27-11-26-19/h2-7,11-12,15H,8-10H2,1H3,(H,26,27,28)/q+1/p+1/b25-7-,29-16?. The zero-order chi connectivity index (χ0) is 21.6. The Kier molecular flexibility index (Phi) is 4.73. The van der Waals surface area contributed by atoms with Crippen molar-refractivity contribution in [2.45, 2.75) is 18.2 Å². The van der Waals surface area contributed by atoms with E-state index in [0.717, 1.165) is 36.2 Å². The molecule has 2 N–H and O–H groups in total. The first-order valence-electron chi connectivity index (χ1n) is 9.80. The van der Waals surface area contributed by atoms with Gasteiger partial charge in [-0.2, -0.15) is 13.2 Å². The largest absolute Gasteiger partial charge is 0.483 e. The number of H-pyrrole nitrogens is 2. The molecule has 31 heavy (non-hydrogen) atoms. The Balaban J connectivity index is 1.55. The molecule has 5 rings (SSSR count). The molecule has 4 heterocycles. The number of benzene rings is 1. The highest BCUT2D eigenvalue weighted by atomic mass is 19.4. The molecule has 2 aromatic heterocycles. The van der Waals surface area contributed by atoms with Gasteiger partial charge >= 0.3 is 6.18 Å². The number of nitrogens with one attached hydrogen (secondary N) is 2. The monoisotopic (exact) mass is 431 g/mol. The summed E-state index contributed by atoms with van der Waals surface area (Å²) in [6.45, 7) is 1.95. The minimum atomic E-state index is -4.49. The van der Waals surface area contributed by atoms with Gasteiger partial charge in [0, 0.05) is 12.7 Å². The molecule has 2 aliphatic heterocycles. The molecule has 0 radical (unpaired) electrons. The first-order valence-corrected chi connectivity index (χ1v) is 9.80. The normalized spacial score (nSPS) is 21.3. The van der Waals surface area contributed by atoms with Gasteiger partial charge in [0.05, 0.1) is 6.21 Å². The third-order valence-electron chi connectivity index (χ3n) is 5.68. The molecule has 1 unspecified atom stereocenters. The Labute approximate surface area is 175 Å². The molecular formula is C21H20F3N5O2+2. The van der Waals surface area contributed by atoms with E-state index in [1.165, 1.54) is 6.33 Å². The van der Waals surface area contributed by atoms with Crippen LogP contribution in [0.4, 0.5) is 19.0 Å². The van der Waals surface area contributed by atoms with Crippen LogP contribution < -0.4 is 9.72 Å². The molecular weight excluding hydrogens is 411 g/mol. The van der Waals surface area contributed by atoms with Crippen LogP contribution >= 0.6 is 0 Å². The van der Waals surface area contributed by atoms with Gasteiger partial charge in [-0.15, -0.1) is 4.99 Å². The van der Waals surface area contributed by atoms with Crippen molar-refractivity contribution in [3.63, 3.8) is 0 Å². The van der Waals surface area contributed by atoms with Crippen molar-refractivity contribution in [3.05, 3.63) is 47.9 Å². The number of ether oxygens (including phenoxy) is 2. The van der Waals surface area contributed by atoms with Crippen LogP contribution in [0.2, 0.25) is 0 Å². The Bertz CT molecular complexity index is 1190. The lowest BCUT2D eigenvalue weighted by molar-refractivity contribution is -0.610. The maximum Gasteiger partial charge on any atom is 0.431 e. The number of nitrogens with zero attached hydrogens (tertiary/aromatic N) is 3. The van der Waals surface area contributed by atoms with E-state index in [2.05, 4.69) is 24.5 Å². The Hall–Kier alpha value is -3.27. The lowest BCUT2D eigenvalue weighted by Gasteiger charge is -2.29. The van der Waals surface area contributed by atoms with Crippen molar-refractivity contribution in [1.82, 2.24) is 9.97 Å². The fourth-order valence-electron chi connectivity index (χ4n) is 3.94. The van der Waals surface area contributed by atoms with Crippen LogP contribution in [0.15, 0.2) is 41.7 Å². The van der Waals surface area contributed by atoms with Crippen LogP contribution in [0.3, 0.4) is 0 Å². The summed E-state index contributed by atoms with van der Waals surface area (Å²) in [4.78, 5) is 13.7. The third-order valence-corrected chi connectivity index (χ3v) is 5.68. The topological polar surface area (TPSA) is 76.7 Å². The van der Waals surface area contributed by atoms with E-state index in [0.29, 0.717) is 12.4 Å². The highest BCUT2D eigenvalue weighted by molar-refractivity contribution is 6.04. The molecule has 0 saturated carbocycles. The zero-order valence-corrected chi connectivity index (χ0v) is 16.6. The number of fused-ring (bicyclic) bond motifs is 2. The van der Waals surface area contributed by atoms with Gasteiger partial charge in [-0.25, -0.2) is 9.56 Å². The number of halogens is 3. The van der Waals surface area contributed by atoms with Gasteiger partial charge in [-0.05, 0) is 12.1 Å². The van der Waals surface area contributed by atoms with Crippen molar-refractivity contribution in [3.8, 4) is 5.75 Å². The van der Waals surface area contributed by atoms with Gasteiger partial charge in [0.15, 0.2) is 25.8 Å². The number of aromatic amines is 2. The highest BCUT2D eigenvalue weighted by Gasteiger charge is 2.40. The molecule has 3 aromatic rings. The predicted molar refractivity (Wildman–Crippen MR) is 106 cm³/mol. The maximum atomic E-state index is 13.1. The van der Waals surface area contributed by atoms with Crippen LogP contribution in [-0.4, -0.2) is 59.4 Å². The SMILES string of the molecule is COC1C[N+](=C2COc3ccccc3C2/C=N\c2[nH+]cnc3[nH]c(C(F)(F)F)cc23)C1. The van der Waals surface area contributed by atoms with E-state index >= 15 is 0 Å². The van der Waals surface area contributed by atoms with Crippen LogP contribution in [0.5, 0.6) is 5.75 Å². The number of rotatable bonds is 3. The van der Waals surface area contributed by atoms with Crippen LogP contribution in [0.1, 0.15) is 17.2 Å². The quantitative estimate of drug-likeness (QED) is 0.512. The van der Waals surface area contributed by atoms with Gasteiger partial charge < -0.3 is 14.5 Å². The Morgan fingerprint density at radius 1 is 1.32 bits per heavy atom. The Morgan fingerprint density at radius 2 is 2.13 bits per heavy atom. The zero-order valence-electron chi connectivity index (χ0n) is 16.6. The van der Waals surface area contributed by atoms with E-state index < -0.39 is 11.9 Å². The first kappa shape index (κ1) is 19.7. The molecule has 0 spiro atoms. The van der Waals surface area contributed by atoms with E-state index in [9.17, 15) is 13.2 Å². The second kappa shape index (κ2) is 7.45. The van der Waals surface area contributed by atoms with Crippen molar-refractivity contribution in [2.75, 3.05) is 26.8 Å². The summed E-state index contributed by atoms with van der Waals surface area (Å²) in [6.07, 6.45) is -1.23. The predicted octanol–water partition coefficient (Wildman–Crippen LogP) is 2.76. The molecule has 0 bridgehead atoms. The summed E-state index contributed by atoms with van der Waals surface area (Å²) >= 11 is 0. The van der Waals surface area contributed by atoms with Crippen LogP contribution in [-0.2, 0) is 10.9 Å². The van der Waals surface area contributed by atoms with Gasteiger partial charge in [0.25, 0.3) is 5.82 Å².